The minimum atomic E-state index is -0.0801. The van der Waals surface area contributed by atoms with Gasteiger partial charge in [-0.25, -0.2) is 4.98 Å². The number of hydrogen-bond acceptors (Lipinski definition) is 5. The highest BCUT2D eigenvalue weighted by atomic mass is 16.5. The Morgan fingerprint density at radius 3 is 3.04 bits per heavy atom. The Morgan fingerprint density at radius 1 is 1.42 bits per heavy atom. The first kappa shape index (κ1) is 16.9. The number of aryl methyl sites for hydroxylation is 2. The monoisotopic (exact) mass is 330 g/mol. The van der Waals surface area contributed by atoms with Crippen molar-refractivity contribution in [2.75, 3.05) is 19.6 Å². The predicted octanol–water partition coefficient (Wildman–Crippen LogP) is 2.83. The Bertz CT molecular complexity index is 725. The maximum absolute atomic E-state index is 12.6. The number of piperidine rings is 1. The second-order valence-corrected chi connectivity index (χ2v) is 6.75. The third-order valence-corrected chi connectivity index (χ3v) is 4.84. The van der Waals surface area contributed by atoms with Gasteiger partial charge < -0.3 is 14.7 Å². The highest BCUT2D eigenvalue weighted by Gasteiger charge is 2.19. The molecule has 0 aliphatic carbocycles. The van der Waals surface area contributed by atoms with Crippen molar-refractivity contribution in [2.24, 2.45) is 0 Å². The molecule has 1 saturated heterocycles. The Kier molecular flexibility index (Phi) is 5.14. The lowest BCUT2D eigenvalue weighted by atomic mass is 10.0. The summed E-state index contributed by atoms with van der Waals surface area (Å²) in [6, 6.07) is 2.46. The van der Waals surface area contributed by atoms with Crippen LogP contribution in [-0.4, -0.2) is 46.6 Å². The molecule has 130 valence electrons. The number of carbonyl (C=O) groups is 1. The number of pyridine rings is 1. The van der Waals surface area contributed by atoms with E-state index in [0.717, 1.165) is 18.7 Å². The van der Waals surface area contributed by atoms with Crippen LogP contribution in [0.15, 0.2) is 10.6 Å². The SMILES string of the molecule is Cc1cc(C(=O)NCCCN2CCCC[C@@H]2C)c2c(C)noc2n1. The summed E-state index contributed by atoms with van der Waals surface area (Å²) in [5.41, 5.74) is 2.48. The van der Waals surface area contributed by atoms with Crippen molar-refractivity contribution < 1.29 is 9.32 Å². The first-order chi connectivity index (χ1) is 11.6. The first-order valence-corrected chi connectivity index (χ1v) is 8.82. The molecule has 3 heterocycles. The van der Waals surface area contributed by atoms with Crippen molar-refractivity contribution in [3.05, 3.63) is 23.0 Å². The number of nitrogens with one attached hydrogen (secondary N) is 1. The lowest BCUT2D eigenvalue weighted by molar-refractivity contribution is 0.0950. The van der Waals surface area contributed by atoms with Gasteiger partial charge in [0.15, 0.2) is 0 Å². The molecule has 0 spiro atoms. The van der Waals surface area contributed by atoms with Crippen molar-refractivity contribution in [1.82, 2.24) is 20.4 Å². The zero-order valence-corrected chi connectivity index (χ0v) is 14.8. The summed E-state index contributed by atoms with van der Waals surface area (Å²) in [5.74, 6) is -0.0801. The maximum atomic E-state index is 12.6. The number of likely N-dealkylation sites (tertiary alicyclic amines) is 1. The van der Waals surface area contributed by atoms with Crippen LogP contribution in [0.4, 0.5) is 0 Å². The molecular formula is C18H26N4O2. The molecule has 2 aromatic heterocycles. The van der Waals surface area contributed by atoms with E-state index in [9.17, 15) is 4.79 Å². The molecule has 0 unspecified atom stereocenters. The Hall–Kier alpha value is -1.95. The molecule has 1 atom stereocenters. The molecule has 0 radical (unpaired) electrons. The van der Waals surface area contributed by atoms with Crippen LogP contribution in [0.5, 0.6) is 0 Å². The lowest BCUT2D eigenvalue weighted by Crippen LogP contribution is -2.39. The van der Waals surface area contributed by atoms with E-state index in [-0.39, 0.29) is 5.91 Å². The fraction of sp³-hybridized carbons (Fsp3) is 0.611. The van der Waals surface area contributed by atoms with Crippen molar-refractivity contribution in [2.45, 2.75) is 52.5 Å². The van der Waals surface area contributed by atoms with E-state index < -0.39 is 0 Å². The average Bonchev–Trinajstić information content (AvgIpc) is 2.93. The number of carbonyl (C=O) groups excluding carboxylic acids is 1. The van der Waals surface area contributed by atoms with Crippen LogP contribution in [-0.2, 0) is 0 Å². The van der Waals surface area contributed by atoms with Crippen LogP contribution in [0.1, 0.15) is 54.4 Å². The number of amides is 1. The lowest BCUT2D eigenvalue weighted by Gasteiger charge is -2.33. The van der Waals surface area contributed by atoms with Gasteiger partial charge in [0.1, 0.15) is 0 Å². The van der Waals surface area contributed by atoms with Gasteiger partial charge in [0.2, 0.25) is 0 Å². The van der Waals surface area contributed by atoms with Gasteiger partial charge in [-0.3, -0.25) is 4.79 Å². The normalized spacial score (nSPS) is 18.9. The molecule has 0 saturated carbocycles. The molecule has 0 aromatic carbocycles. The number of hydrogen-bond donors (Lipinski definition) is 1. The smallest absolute Gasteiger partial charge is 0.258 e. The molecule has 1 aliphatic rings. The summed E-state index contributed by atoms with van der Waals surface area (Å²) in [7, 11) is 0. The Labute approximate surface area is 142 Å². The molecule has 1 N–H and O–H groups in total. The third-order valence-electron chi connectivity index (χ3n) is 4.84. The van der Waals surface area contributed by atoms with E-state index in [0.29, 0.717) is 34.9 Å². The van der Waals surface area contributed by atoms with E-state index in [4.69, 9.17) is 4.52 Å². The standard InChI is InChI=1S/C18H26N4O2/c1-12-11-15(16-14(3)21-24-18(16)20-12)17(23)19-8-6-10-22-9-5-4-7-13(22)2/h11,13H,4-10H2,1-3H3,(H,19,23)/t13-/m0/s1. The Morgan fingerprint density at radius 2 is 2.25 bits per heavy atom. The van der Waals surface area contributed by atoms with Gasteiger partial charge >= 0.3 is 0 Å². The molecule has 1 aliphatic heterocycles. The molecule has 6 heteroatoms. The van der Waals surface area contributed by atoms with Gasteiger partial charge in [0, 0.05) is 24.8 Å². The molecule has 24 heavy (non-hydrogen) atoms. The van der Waals surface area contributed by atoms with Gasteiger partial charge in [-0.15, -0.1) is 0 Å². The van der Waals surface area contributed by atoms with E-state index in [2.05, 4.69) is 27.3 Å². The second-order valence-electron chi connectivity index (χ2n) is 6.75. The van der Waals surface area contributed by atoms with E-state index >= 15 is 0 Å². The molecule has 2 aromatic rings. The van der Waals surface area contributed by atoms with Gasteiger partial charge in [0.25, 0.3) is 11.6 Å². The highest BCUT2D eigenvalue weighted by molar-refractivity contribution is 6.05. The summed E-state index contributed by atoms with van der Waals surface area (Å²) in [5, 5.41) is 7.66. The summed E-state index contributed by atoms with van der Waals surface area (Å²) >= 11 is 0. The van der Waals surface area contributed by atoms with E-state index in [1.807, 2.05) is 13.8 Å². The van der Waals surface area contributed by atoms with E-state index in [1.54, 1.807) is 6.07 Å². The zero-order valence-electron chi connectivity index (χ0n) is 14.8. The molecule has 0 bridgehead atoms. The number of aromatic nitrogens is 2. The summed E-state index contributed by atoms with van der Waals surface area (Å²) in [6.07, 6.45) is 4.88. The van der Waals surface area contributed by atoms with Crippen molar-refractivity contribution >= 4 is 17.0 Å². The topological polar surface area (TPSA) is 71.3 Å². The number of nitrogens with zero attached hydrogens (tertiary/aromatic N) is 3. The highest BCUT2D eigenvalue weighted by Crippen LogP contribution is 2.21. The molecular weight excluding hydrogens is 304 g/mol. The minimum absolute atomic E-state index is 0.0801. The summed E-state index contributed by atoms with van der Waals surface area (Å²) < 4.78 is 5.19. The minimum Gasteiger partial charge on any atom is -0.352 e. The Balaban J connectivity index is 1.58. The number of fused-ring (bicyclic) bond motifs is 1. The first-order valence-electron chi connectivity index (χ1n) is 8.82. The molecule has 1 amide bonds. The van der Waals surface area contributed by atoms with Gasteiger partial charge in [-0.05, 0) is 52.6 Å². The maximum Gasteiger partial charge on any atom is 0.258 e. The average molecular weight is 330 g/mol. The van der Waals surface area contributed by atoms with Gasteiger partial charge in [0.05, 0.1) is 16.6 Å². The van der Waals surface area contributed by atoms with Crippen LogP contribution in [0.3, 0.4) is 0 Å². The second kappa shape index (κ2) is 7.30. The van der Waals surface area contributed by atoms with E-state index in [1.165, 1.54) is 25.8 Å². The fourth-order valence-electron chi connectivity index (χ4n) is 3.47. The molecule has 1 fully saturated rings. The van der Waals surface area contributed by atoms with Crippen molar-refractivity contribution in [1.29, 1.82) is 0 Å². The van der Waals surface area contributed by atoms with Crippen LogP contribution >= 0.6 is 0 Å². The van der Waals surface area contributed by atoms with Crippen LogP contribution < -0.4 is 5.32 Å². The largest absolute Gasteiger partial charge is 0.352 e. The quantitative estimate of drug-likeness (QED) is 0.854. The third kappa shape index (κ3) is 3.59. The van der Waals surface area contributed by atoms with Crippen LogP contribution in [0.2, 0.25) is 0 Å². The predicted molar refractivity (Wildman–Crippen MR) is 93.1 cm³/mol. The fourth-order valence-corrected chi connectivity index (χ4v) is 3.47. The van der Waals surface area contributed by atoms with Crippen LogP contribution in [0.25, 0.3) is 11.1 Å². The zero-order chi connectivity index (χ0) is 17.1. The van der Waals surface area contributed by atoms with Crippen LogP contribution in [0, 0.1) is 13.8 Å². The summed E-state index contributed by atoms with van der Waals surface area (Å²) in [4.78, 5) is 19.4. The summed E-state index contributed by atoms with van der Waals surface area (Å²) in [6.45, 7) is 8.87. The van der Waals surface area contributed by atoms with Crippen molar-refractivity contribution in [3.63, 3.8) is 0 Å². The molecule has 3 rings (SSSR count). The van der Waals surface area contributed by atoms with Gasteiger partial charge in [-0.1, -0.05) is 11.6 Å². The van der Waals surface area contributed by atoms with Crippen molar-refractivity contribution in [3.8, 4) is 0 Å². The number of rotatable bonds is 5. The molecule has 6 nitrogen and oxygen atoms in total. The van der Waals surface area contributed by atoms with Gasteiger partial charge in [-0.2, -0.15) is 0 Å².